The van der Waals surface area contributed by atoms with Crippen molar-refractivity contribution in [1.29, 1.82) is 0 Å². The molecule has 5 nitrogen and oxygen atoms in total. The van der Waals surface area contributed by atoms with Crippen LogP contribution < -0.4 is 56.5 Å². The summed E-state index contributed by atoms with van der Waals surface area (Å²) in [6.07, 6.45) is 0.165. The van der Waals surface area contributed by atoms with E-state index in [0.717, 1.165) is 12.2 Å². The van der Waals surface area contributed by atoms with E-state index < -0.39 is 18.0 Å². The van der Waals surface area contributed by atoms with Crippen LogP contribution in [0.3, 0.4) is 0 Å². The number of β-lactam (4-membered cyclic amide) rings is 1. The van der Waals surface area contributed by atoms with E-state index in [1.54, 1.807) is 6.92 Å². The van der Waals surface area contributed by atoms with E-state index in [4.69, 9.17) is 0 Å². The number of hydrogen-bond donors (Lipinski definition) is 1. The van der Waals surface area contributed by atoms with Gasteiger partial charge in [0.05, 0.1) is 27.9 Å². The number of carboxylic acid groups (broad SMARTS) is 1. The quantitative estimate of drug-likeness (QED) is 0.427. The third kappa shape index (κ3) is 3.26. The van der Waals surface area contributed by atoms with Crippen LogP contribution in [0.25, 0.3) is 0 Å². The second kappa shape index (κ2) is 7.30. The van der Waals surface area contributed by atoms with Crippen LogP contribution in [0.15, 0.2) is 9.93 Å². The number of fused-ring (bicyclic) bond motifs is 1. The van der Waals surface area contributed by atoms with Gasteiger partial charge >= 0.3 is 51.4 Å². The van der Waals surface area contributed by atoms with E-state index >= 15 is 0 Å². The van der Waals surface area contributed by atoms with Crippen molar-refractivity contribution in [1.82, 2.24) is 4.90 Å². The second-order valence-electron chi connectivity index (χ2n) is 4.26. The van der Waals surface area contributed by atoms with Crippen LogP contribution in [-0.2, 0) is 9.59 Å². The Hall–Kier alpha value is 0.976. The van der Waals surface area contributed by atoms with E-state index in [2.05, 4.69) is 0 Å². The molecular formula is C11H14KNO4S2. The van der Waals surface area contributed by atoms with Gasteiger partial charge in [-0.15, -0.1) is 11.8 Å². The van der Waals surface area contributed by atoms with E-state index in [9.17, 15) is 19.8 Å². The van der Waals surface area contributed by atoms with Gasteiger partial charge in [0.1, 0.15) is 5.37 Å². The van der Waals surface area contributed by atoms with Crippen LogP contribution in [0.5, 0.6) is 0 Å². The van der Waals surface area contributed by atoms with E-state index in [0.29, 0.717) is 4.24 Å². The standard InChI is InChI=1S/C11H15NO4S2.K/c1-3-4-17-11-7(10(15)16)12-8(14)6(5(2)13)9(12)18-11;/h5-6,9,13H,3-4H2,1-2H3,(H,15,16);/q;+1/p-1/t5-,6+,9-;/m1./s1. The van der Waals surface area contributed by atoms with E-state index in [1.165, 1.54) is 28.4 Å². The summed E-state index contributed by atoms with van der Waals surface area (Å²) in [5, 5.41) is 20.4. The van der Waals surface area contributed by atoms with Gasteiger partial charge in [-0.2, -0.15) is 0 Å². The largest absolute Gasteiger partial charge is 1.00 e. The molecule has 2 aliphatic heterocycles. The van der Waals surface area contributed by atoms with Crippen LogP contribution in [0.1, 0.15) is 20.3 Å². The summed E-state index contributed by atoms with van der Waals surface area (Å²) in [7, 11) is 0. The fourth-order valence-corrected chi connectivity index (χ4v) is 4.88. The maximum absolute atomic E-state index is 11.8. The molecule has 0 spiro atoms. The molecule has 2 aliphatic rings. The zero-order valence-corrected chi connectivity index (χ0v) is 15.8. The topological polar surface area (TPSA) is 80.7 Å². The molecule has 1 N–H and O–H groups in total. The first kappa shape index (κ1) is 18.0. The Kier molecular flexibility index (Phi) is 6.93. The van der Waals surface area contributed by atoms with Crippen LogP contribution in [0, 0.1) is 5.92 Å². The normalized spacial score (nSPS) is 26.7. The average Bonchev–Trinajstić information content (AvgIpc) is 2.60. The van der Waals surface area contributed by atoms with E-state index in [1.807, 2.05) is 6.92 Å². The van der Waals surface area contributed by atoms with Gasteiger partial charge in [0.15, 0.2) is 0 Å². The first-order valence-corrected chi connectivity index (χ1v) is 7.61. The number of carboxylic acids is 1. The number of rotatable bonds is 5. The maximum atomic E-state index is 11.8. The smallest absolute Gasteiger partial charge is 0.543 e. The van der Waals surface area contributed by atoms with Crippen molar-refractivity contribution < 1.29 is 71.2 Å². The zero-order chi connectivity index (χ0) is 13.4. The first-order valence-electron chi connectivity index (χ1n) is 5.75. The van der Waals surface area contributed by atoms with Gasteiger partial charge in [0.25, 0.3) is 0 Å². The number of aliphatic hydroxyl groups excluding tert-OH is 1. The minimum atomic E-state index is -1.32. The molecule has 0 aromatic heterocycles. The van der Waals surface area contributed by atoms with Gasteiger partial charge in [-0.25, -0.2) is 0 Å². The molecule has 0 aromatic rings. The molecule has 8 heteroatoms. The SMILES string of the molecule is CCCSC1=C(C(=O)[O-])N2C(=O)[C@H]([C@@H](C)O)[C@H]2S1.[K+]. The molecule has 0 radical (unpaired) electrons. The van der Waals surface area contributed by atoms with Crippen molar-refractivity contribution in [2.45, 2.75) is 31.7 Å². The first-order chi connectivity index (χ1) is 8.49. The van der Waals surface area contributed by atoms with Gasteiger partial charge in [-0.3, -0.25) is 9.69 Å². The Morgan fingerprint density at radius 3 is 2.74 bits per heavy atom. The number of nitrogens with zero attached hydrogens (tertiary/aromatic N) is 1. The Morgan fingerprint density at radius 2 is 2.26 bits per heavy atom. The van der Waals surface area contributed by atoms with E-state index in [-0.39, 0.29) is 68.4 Å². The predicted molar refractivity (Wildman–Crippen MR) is 68.2 cm³/mol. The summed E-state index contributed by atoms with van der Waals surface area (Å²) >= 11 is 2.77. The Balaban J connectivity index is 0.00000180. The number of amides is 1. The number of carbonyl (C=O) groups excluding carboxylic acids is 2. The van der Waals surface area contributed by atoms with Crippen LogP contribution in [0.2, 0.25) is 0 Å². The van der Waals surface area contributed by atoms with Crippen LogP contribution in [-0.4, -0.2) is 39.1 Å². The number of thioether (sulfide) groups is 2. The molecule has 0 aromatic carbocycles. The molecule has 1 amide bonds. The minimum absolute atomic E-state index is 0. The van der Waals surface area contributed by atoms with Gasteiger partial charge in [0, 0.05) is 0 Å². The summed E-state index contributed by atoms with van der Waals surface area (Å²) in [6, 6.07) is 0. The summed E-state index contributed by atoms with van der Waals surface area (Å²) < 4.78 is 0.623. The molecular weight excluding hydrogens is 313 g/mol. The fourth-order valence-electron chi connectivity index (χ4n) is 2.04. The zero-order valence-electron chi connectivity index (χ0n) is 11.1. The summed E-state index contributed by atoms with van der Waals surface area (Å²) in [5.74, 6) is -1.36. The number of carbonyl (C=O) groups is 2. The van der Waals surface area contributed by atoms with Gasteiger partial charge in [-0.1, -0.05) is 18.7 Å². The third-order valence-corrected chi connectivity index (χ3v) is 5.76. The monoisotopic (exact) mass is 327 g/mol. The Labute approximate surface area is 163 Å². The molecule has 0 saturated carbocycles. The molecule has 2 rings (SSSR count). The number of aliphatic hydroxyl groups is 1. The van der Waals surface area contributed by atoms with Crippen molar-refractivity contribution in [2.24, 2.45) is 5.92 Å². The molecule has 0 aliphatic carbocycles. The molecule has 1 fully saturated rings. The van der Waals surface area contributed by atoms with Gasteiger partial charge in [0.2, 0.25) is 5.91 Å². The van der Waals surface area contributed by atoms with Crippen molar-refractivity contribution in [3.05, 3.63) is 9.93 Å². The fraction of sp³-hybridized carbons (Fsp3) is 0.636. The third-order valence-electron chi connectivity index (χ3n) is 2.90. The maximum Gasteiger partial charge on any atom is 1.00 e. The average molecular weight is 327 g/mol. The molecule has 19 heavy (non-hydrogen) atoms. The molecule has 0 bridgehead atoms. The molecule has 100 valence electrons. The molecule has 0 unspecified atom stereocenters. The van der Waals surface area contributed by atoms with Crippen molar-refractivity contribution >= 4 is 35.4 Å². The summed E-state index contributed by atoms with van der Waals surface area (Å²) in [5.41, 5.74) is -0.0228. The number of aliphatic carboxylic acids is 1. The van der Waals surface area contributed by atoms with Crippen LogP contribution in [0.4, 0.5) is 0 Å². The van der Waals surface area contributed by atoms with Crippen molar-refractivity contribution in [3.8, 4) is 0 Å². The minimum Gasteiger partial charge on any atom is -0.543 e. The number of hydrogen-bond acceptors (Lipinski definition) is 6. The Bertz CT molecular complexity index is 427. The summed E-state index contributed by atoms with van der Waals surface area (Å²) in [6.45, 7) is 3.56. The molecule has 2 heterocycles. The second-order valence-corrected chi connectivity index (χ2v) is 6.75. The van der Waals surface area contributed by atoms with Crippen molar-refractivity contribution in [2.75, 3.05) is 5.75 Å². The summed E-state index contributed by atoms with van der Waals surface area (Å²) in [4.78, 5) is 24.2. The molecule has 3 atom stereocenters. The predicted octanol–water partition coefficient (Wildman–Crippen LogP) is -3.04. The van der Waals surface area contributed by atoms with Gasteiger partial charge in [-0.05, 0) is 19.1 Å². The van der Waals surface area contributed by atoms with Crippen molar-refractivity contribution in [3.63, 3.8) is 0 Å². The van der Waals surface area contributed by atoms with Gasteiger partial charge < -0.3 is 15.0 Å². The Morgan fingerprint density at radius 1 is 1.63 bits per heavy atom. The molecule has 1 saturated heterocycles. The van der Waals surface area contributed by atoms with Crippen LogP contribution >= 0.6 is 23.5 Å².